The van der Waals surface area contributed by atoms with Crippen LogP contribution in [0.4, 0.5) is 0 Å². The Labute approximate surface area is 129 Å². The van der Waals surface area contributed by atoms with Crippen LogP contribution in [0.15, 0.2) is 0 Å². The largest absolute Gasteiger partial charge is 0.500 e. The molecule has 0 radical (unpaired) electrons. The Bertz CT molecular complexity index is 291. The van der Waals surface area contributed by atoms with E-state index >= 15 is 0 Å². The fraction of sp³-hybridized carbons (Fsp3) is 1.00. The van der Waals surface area contributed by atoms with E-state index in [9.17, 15) is 0 Å². The molecule has 2 saturated heterocycles. The Morgan fingerprint density at radius 3 is 1.95 bits per heavy atom. The van der Waals surface area contributed by atoms with Crippen molar-refractivity contribution in [3.05, 3.63) is 0 Å². The average Bonchev–Trinajstić information content (AvgIpc) is 2.99. The Morgan fingerprint density at radius 2 is 1.48 bits per heavy atom. The highest BCUT2D eigenvalue weighted by molar-refractivity contribution is 6.60. The molecule has 0 amide bonds. The Balaban J connectivity index is 1.88. The molecule has 0 bridgehead atoms. The lowest BCUT2D eigenvalue weighted by Gasteiger charge is -2.32. The molecule has 2 heterocycles. The molecule has 0 N–H and O–H groups in total. The van der Waals surface area contributed by atoms with Gasteiger partial charge in [0.25, 0.3) is 0 Å². The fourth-order valence-electron chi connectivity index (χ4n) is 3.14. The smallest absolute Gasteiger partial charge is 0.374 e. The van der Waals surface area contributed by atoms with E-state index in [1.54, 1.807) is 0 Å². The van der Waals surface area contributed by atoms with Crippen LogP contribution in [0.2, 0.25) is 6.04 Å². The Kier molecular flexibility index (Phi) is 6.61. The first-order chi connectivity index (χ1) is 10.2. The Hall–Kier alpha value is -0.0231. The number of hydrogen-bond acceptors (Lipinski definition) is 6. The third-order valence-electron chi connectivity index (χ3n) is 3.93. The molecule has 2 rings (SSSR count). The summed E-state index contributed by atoms with van der Waals surface area (Å²) in [5.74, 6) is -0.495. The van der Waals surface area contributed by atoms with Crippen LogP contribution in [0.3, 0.4) is 0 Å². The molecular formula is C14H29NO5Si. The molecule has 0 aliphatic carbocycles. The van der Waals surface area contributed by atoms with Gasteiger partial charge in [-0.3, -0.25) is 0 Å². The summed E-state index contributed by atoms with van der Waals surface area (Å²) in [6, 6.07) is 0.810. The molecule has 0 unspecified atom stereocenters. The predicted molar refractivity (Wildman–Crippen MR) is 80.9 cm³/mol. The van der Waals surface area contributed by atoms with Crippen LogP contribution in [0, 0.1) is 0 Å². The zero-order valence-corrected chi connectivity index (χ0v) is 14.6. The van der Waals surface area contributed by atoms with Crippen molar-refractivity contribution in [2.45, 2.75) is 45.6 Å². The molecule has 0 saturated carbocycles. The van der Waals surface area contributed by atoms with Crippen molar-refractivity contribution in [3.8, 4) is 0 Å². The maximum Gasteiger partial charge on any atom is 0.500 e. The van der Waals surface area contributed by atoms with Gasteiger partial charge in [-0.15, -0.1) is 0 Å². The van der Waals surface area contributed by atoms with Crippen LogP contribution in [0.25, 0.3) is 0 Å². The molecule has 0 aromatic rings. The zero-order chi connectivity index (χ0) is 15.2. The maximum atomic E-state index is 5.88. The van der Waals surface area contributed by atoms with Crippen molar-refractivity contribution in [3.63, 3.8) is 0 Å². The van der Waals surface area contributed by atoms with Gasteiger partial charge >= 0.3 is 8.80 Å². The van der Waals surface area contributed by atoms with Crippen molar-refractivity contribution in [1.82, 2.24) is 4.90 Å². The van der Waals surface area contributed by atoms with Gasteiger partial charge in [0.05, 0.1) is 13.2 Å². The van der Waals surface area contributed by atoms with Gasteiger partial charge < -0.3 is 22.8 Å². The molecule has 0 atom stereocenters. The lowest BCUT2D eigenvalue weighted by atomic mass is 10.2. The molecule has 124 valence electrons. The number of ether oxygens (including phenoxy) is 2. The quantitative estimate of drug-likeness (QED) is 0.573. The molecule has 2 fully saturated rings. The molecule has 21 heavy (non-hydrogen) atoms. The molecule has 2 aliphatic heterocycles. The van der Waals surface area contributed by atoms with Crippen molar-refractivity contribution in [2.24, 2.45) is 0 Å². The first kappa shape index (κ1) is 17.3. The zero-order valence-electron chi connectivity index (χ0n) is 13.6. The molecular weight excluding hydrogens is 290 g/mol. The van der Waals surface area contributed by atoms with Crippen molar-refractivity contribution >= 4 is 8.80 Å². The van der Waals surface area contributed by atoms with E-state index in [0.29, 0.717) is 19.8 Å². The standard InChI is InChI=1S/C14H29NO5Si/c1-4-18-21(19-5-2,20-6-3)13-7-8-14-15(9-11-16-14)10-12-17-14/h4-13H2,1-3H3. The van der Waals surface area contributed by atoms with Gasteiger partial charge in [0.1, 0.15) is 0 Å². The summed E-state index contributed by atoms with van der Waals surface area (Å²) in [5.41, 5.74) is 0. The second-order valence-electron chi connectivity index (χ2n) is 5.23. The molecule has 2 aliphatic rings. The minimum atomic E-state index is -2.54. The fourth-order valence-corrected chi connectivity index (χ4v) is 5.75. The van der Waals surface area contributed by atoms with Crippen molar-refractivity contribution in [2.75, 3.05) is 46.1 Å². The predicted octanol–water partition coefficient (Wildman–Crippen LogP) is 1.83. The minimum Gasteiger partial charge on any atom is -0.374 e. The van der Waals surface area contributed by atoms with Crippen LogP contribution in [0.5, 0.6) is 0 Å². The van der Waals surface area contributed by atoms with E-state index in [-0.39, 0.29) is 0 Å². The van der Waals surface area contributed by atoms with Crippen LogP contribution in [0.1, 0.15) is 33.6 Å². The second-order valence-corrected chi connectivity index (χ2v) is 7.96. The van der Waals surface area contributed by atoms with Gasteiger partial charge in [0, 0.05) is 45.4 Å². The number of fused-ring (bicyclic) bond motifs is 1. The van der Waals surface area contributed by atoms with Gasteiger partial charge in [0.2, 0.25) is 5.91 Å². The van der Waals surface area contributed by atoms with Gasteiger partial charge in [-0.1, -0.05) is 0 Å². The van der Waals surface area contributed by atoms with Crippen LogP contribution in [-0.2, 0) is 22.8 Å². The van der Waals surface area contributed by atoms with Gasteiger partial charge in [-0.05, 0) is 27.2 Å². The molecule has 0 aromatic carbocycles. The topological polar surface area (TPSA) is 49.4 Å². The third-order valence-corrected chi connectivity index (χ3v) is 7.08. The average molecular weight is 319 g/mol. The molecule has 6 nitrogen and oxygen atoms in total. The summed E-state index contributed by atoms with van der Waals surface area (Å²) < 4.78 is 29.4. The monoisotopic (exact) mass is 319 g/mol. The van der Waals surface area contributed by atoms with E-state index < -0.39 is 14.7 Å². The lowest BCUT2D eigenvalue weighted by molar-refractivity contribution is -0.235. The Morgan fingerprint density at radius 1 is 0.952 bits per heavy atom. The van der Waals surface area contributed by atoms with E-state index in [4.69, 9.17) is 22.8 Å². The van der Waals surface area contributed by atoms with E-state index in [2.05, 4.69) is 4.90 Å². The summed E-state index contributed by atoms with van der Waals surface area (Å²) >= 11 is 0. The normalized spacial score (nSPS) is 21.9. The number of nitrogens with zero attached hydrogens (tertiary/aromatic N) is 1. The van der Waals surface area contributed by atoms with E-state index in [0.717, 1.165) is 45.2 Å². The van der Waals surface area contributed by atoms with Crippen LogP contribution >= 0.6 is 0 Å². The summed E-state index contributed by atoms with van der Waals surface area (Å²) in [4.78, 5) is 2.29. The lowest BCUT2D eigenvalue weighted by Crippen LogP contribution is -2.47. The van der Waals surface area contributed by atoms with Crippen molar-refractivity contribution in [1.29, 1.82) is 0 Å². The summed E-state index contributed by atoms with van der Waals surface area (Å²) in [6.45, 7) is 11.3. The van der Waals surface area contributed by atoms with Crippen LogP contribution in [-0.4, -0.2) is 65.7 Å². The molecule has 7 heteroatoms. The minimum absolute atomic E-state index is 0.495. The van der Waals surface area contributed by atoms with E-state index in [1.165, 1.54) is 0 Å². The second kappa shape index (κ2) is 8.01. The van der Waals surface area contributed by atoms with Gasteiger partial charge in [-0.25, -0.2) is 4.90 Å². The SMILES string of the molecule is CCO[Si](CCCC12OCCN1CCO2)(OCC)OCC. The molecule has 0 aromatic heterocycles. The summed E-state index contributed by atoms with van der Waals surface area (Å²) in [6.07, 6.45) is 1.76. The van der Waals surface area contributed by atoms with Crippen LogP contribution < -0.4 is 0 Å². The summed E-state index contributed by atoms with van der Waals surface area (Å²) in [5, 5.41) is 0. The number of hydrogen-bond donors (Lipinski definition) is 0. The highest BCUT2D eigenvalue weighted by Gasteiger charge is 2.48. The van der Waals surface area contributed by atoms with E-state index in [1.807, 2.05) is 20.8 Å². The first-order valence-corrected chi connectivity index (χ1v) is 10.1. The number of rotatable bonds is 10. The highest BCUT2D eigenvalue weighted by atomic mass is 28.4. The molecule has 0 spiro atoms. The summed E-state index contributed by atoms with van der Waals surface area (Å²) in [7, 11) is -2.54. The highest BCUT2D eigenvalue weighted by Crippen LogP contribution is 2.35. The first-order valence-electron chi connectivity index (χ1n) is 8.15. The van der Waals surface area contributed by atoms with Gasteiger partial charge in [-0.2, -0.15) is 0 Å². The van der Waals surface area contributed by atoms with Crippen molar-refractivity contribution < 1.29 is 22.8 Å². The van der Waals surface area contributed by atoms with Gasteiger partial charge in [0.15, 0.2) is 0 Å². The maximum absolute atomic E-state index is 5.88. The third kappa shape index (κ3) is 4.04.